The van der Waals surface area contributed by atoms with Crippen LogP contribution in [-0.4, -0.2) is 37.6 Å². The van der Waals surface area contributed by atoms with Crippen molar-refractivity contribution in [1.82, 2.24) is 15.2 Å². The van der Waals surface area contributed by atoms with Crippen LogP contribution < -0.4 is 10.9 Å². The van der Waals surface area contributed by atoms with Gasteiger partial charge in [0.05, 0.1) is 15.5 Å². The highest BCUT2D eigenvalue weighted by Gasteiger charge is 2.24. The molecule has 0 saturated heterocycles. The van der Waals surface area contributed by atoms with Gasteiger partial charge in [-0.2, -0.15) is 4.31 Å². The van der Waals surface area contributed by atoms with Crippen LogP contribution in [0.1, 0.15) is 40.1 Å². The molecule has 0 atom stereocenters. The first-order valence-corrected chi connectivity index (χ1v) is 10.5. The van der Waals surface area contributed by atoms with Crippen molar-refractivity contribution < 1.29 is 18.0 Å². The maximum absolute atomic E-state index is 12.8. The zero-order chi connectivity index (χ0) is 20.9. The second-order valence-electron chi connectivity index (χ2n) is 5.96. The molecule has 0 bridgehead atoms. The van der Waals surface area contributed by atoms with E-state index < -0.39 is 21.8 Å². The van der Waals surface area contributed by atoms with Gasteiger partial charge in [0.1, 0.15) is 0 Å². The standard InChI is InChI=1S/C19H22ClN3O4S/c1-4-23(5-2)28(26,27)17-12-14(11-10-13(17)3)18(24)21-22-19(25)15-8-6-7-9-16(15)20/h6-12H,4-5H2,1-3H3,(H,21,24)(H,22,25). The summed E-state index contributed by atoms with van der Waals surface area (Å²) in [7, 11) is -3.72. The largest absolute Gasteiger partial charge is 0.271 e. The number of rotatable bonds is 6. The third kappa shape index (κ3) is 4.70. The quantitative estimate of drug-likeness (QED) is 0.698. The minimum Gasteiger partial charge on any atom is -0.267 e. The Morgan fingerprint density at radius 2 is 1.61 bits per heavy atom. The molecule has 2 aromatic carbocycles. The van der Waals surface area contributed by atoms with Crippen LogP contribution in [0, 0.1) is 6.92 Å². The van der Waals surface area contributed by atoms with E-state index in [2.05, 4.69) is 10.9 Å². The summed E-state index contributed by atoms with van der Waals surface area (Å²) in [6, 6.07) is 10.8. The highest BCUT2D eigenvalue weighted by Crippen LogP contribution is 2.21. The van der Waals surface area contributed by atoms with Crippen LogP contribution in [0.15, 0.2) is 47.4 Å². The van der Waals surface area contributed by atoms with Gasteiger partial charge >= 0.3 is 0 Å². The number of hydrogen-bond donors (Lipinski definition) is 2. The highest BCUT2D eigenvalue weighted by atomic mass is 35.5. The second kappa shape index (κ2) is 9.18. The van der Waals surface area contributed by atoms with Crippen molar-refractivity contribution in [3.05, 3.63) is 64.2 Å². The zero-order valence-electron chi connectivity index (χ0n) is 15.8. The van der Waals surface area contributed by atoms with Crippen LogP contribution in [-0.2, 0) is 10.0 Å². The lowest BCUT2D eigenvalue weighted by Gasteiger charge is -2.20. The van der Waals surface area contributed by atoms with Crippen molar-refractivity contribution >= 4 is 33.4 Å². The maximum Gasteiger partial charge on any atom is 0.271 e. The van der Waals surface area contributed by atoms with Crippen LogP contribution >= 0.6 is 11.6 Å². The van der Waals surface area contributed by atoms with Crippen molar-refractivity contribution in [3.63, 3.8) is 0 Å². The normalized spacial score (nSPS) is 11.3. The summed E-state index contributed by atoms with van der Waals surface area (Å²) < 4.78 is 26.9. The Balaban J connectivity index is 2.21. The number of hydrogen-bond acceptors (Lipinski definition) is 4. The SMILES string of the molecule is CCN(CC)S(=O)(=O)c1cc(C(=O)NNC(=O)c2ccccc2Cl)ccc1C. The number of halogens is 1. The van der Waals surface area contributed by atoms with E-state index in [1.807, 2.05) is 0 Å². The van der Waals surface area contributed by atoms with Gasteiger partial charge in [-0.05, 0) is 36.8 Å². The fourth-order valence-corrected chi connectivity index (χ4v) is 4.55. The van der Waals surface area contributed by atoms with E-state index in [-0.39, 0.29) is 21.0 Å². The van der Waals surface area contributed by atoms with Crippen LogP contribution in [0.4, 0.5) is 0 Å². The predicted molar refractivity (Wildman–Crippen MR) is 108 cm³/mol. The third-order valence-electron chi connectivity index (χ3n) is 4.18. The Kier molecular flexibility index (Phi) is 7.17. The molecule has 7 nitrogen and oxygen atoms in total. The second-order valence-corrected chi connectivity index (χ2v) is 8.27. The van der Waals surface area contributed by atoms with Crippen LogP contribution in [0.3, 0.4) is 0 Å². The molecule has 2 amide bonds. The minimum atomic E-state index is -3.72. The van der Waals surface area contributed by atoms with Gasteiger partial charge in [0.25, 0.3) is 11.8 Å². The summed E-state index contributed by atoms with van der Waals surface area (Å²) in [5.41, 5.74) is 5.39. The molecule has 2 N–H and O–H groups in total. The van der Waals surface area contributed by atoms with E-state index in [1.165, 1.54) is 22.5 Å². The average molecular weight is 424 g/mol. The van der Waals surface area contributed by atoms with Gasteiger partial charge < -0.3 is 0 Å². The van der Waals surface area contributed by atoms with Crippen molar-refractivity contribution in [1.29, 1.82) is 0 Å². The first kappa shape index (κ1) is 21.9. The van der Waals surface area contributed by atoms with Gasteiger partial charge in [0.2, 0.25) is 10.0 Å². The minimum absolute atomic E-state index is 0.0567. The van der Waals surface area contributed by atoms with Crippen molar-refractivity contribution in [2.75, 3.05) is 13.1 Å². The molecule has 0 spiro atoms. The molecule has 0 aliphatic rings. The van der Waals surface area contributed by atoms with Gasteiger partial charge in [-0.15, -0.1) is 0 Å². The summed E-state index contributed by atoms with van der Waals surface area (Å²) in [6.45, 7) is 5.80. The molecule has 9 heteroatoms. The van der Waals surface area contributed by atoms with E-state index in [4.69, 9.17) is 11.6 Å². The smallest absolute Gasteiger partial charge is 0.267 e. The lowest BCUT2D eigenvalue weighted by atomic mass is 10.1. The summed E-state index contributed by atoms with van der Waals surface area (Å²) in [5.74, 6) is -1.22. The maximum atomic E-state index is 12.8. The Hall–Kier alpha value is -2.42. The molecule has 28 heavy (non-hydrogen) atoms. The van der Waals surface area contributed by atoms with Crippen LogP contribution in [0.25, 0.3) is 0 Å². The molecule has 0 heterocycles. The van der Waals surface area contributed by atoms with E-state index in [9.17, 15) is 18.0 Å². The molecule has 0 aliphatic carbocycles. The topological polar surface area (TPSA) is 95.6 Å². The molecule has 0 fully saturated rings. The number of amides is 2. The van der Waals surface area contributed by atoms with Crippen molar-refractivity contribution in [3.8, 4) is 0 Å². The van der Waals surface area contributed by atoms with Gasteiger partial charge in [-0.3, -0.25) is 20.4 Å². The molecule has 0 unspecified atom stereocenters. The Labute approximate surface area is 169 Å². The molecule has 0 saturated carbocycles. The first-order valence-electron chi connectivity index (χ1n) is 8.68. The van der Waals surface area contributed by atoms with Gasteiger partial charge in [-0.1, -0.05) is 43.6 Å². The molecule has 150 valence electrons. The number of carbonyl (C=O) groups excluding carboxylic acids is 2. The highest BCUT2D eigenvalue weighted by molar-refractivity contribution is 7.89. The molecule has 0 aromatic heterocycles. The van der Waals surface area contributed by atoms with E-state index in [1.54, 1.807) is 45.0 Å². The summed E-state index contributed by atoms with van der Waals surface area (Å²) >= 11 is 5.95. The Bertz CT molecular complexity index is 988. The number of sulfonamides is 1. The summed E-state index contributed by atoms with van der Waals surface area (Å²) in [6.07, 6.45) is 0. The number of nitrogens with zero attached hydrogens (tertiary/aromatic N) is 1. The summed E-state index contributed by atoms with van der Waals surface area (Å²) in [5, 5.41) is 0.247. The average Bonchev–Trinajstić information content (AvgIpc) is 2.67. The molecule has 0 aliphatic heterocycles. The number of aryl methyl sites for hydroxylation is 1. The van der Waals surface area contributed by atoms with E-state index >= 15 is 0 Å². The van der Waals surface area contributed by atoms with Gasteiger partial charge in [-0.25, -0.2) is 8.42 Å². The molecular weight excluding hydrogens is 402 g/mol. The Morgan fingerprint density at radius 1 is 1.00 bits per heavy atom. The number of carbonyl (C=O) groups is 2. The van der Waals surface area contributed by atoms with Gasteiger partial charge in [0.15, 0.2) is 0 Å². The fraction of sp³-hybridized carbons (Fsp3) is 0.263. The first-order chi connectivity index (χ1) is 13.2. The van der Waals surface area contributed by atoms with Crippen molar-refractivity contribution in [2.24, 2.45) is 0 Å². The van der Waals surface area contributed by atoms with Crippen LogP contribution in [0.2, 0.25) is 5.02 Å². The summed E-state index contributed by atoms with van der Waals surface area (Å²) in [4.78, 5) is 24.6. The van der Waals surface area contributed by atoms with Gasteiger partial charge in [0, 0.05) is 18.7 Å². The molecular formula is C19H22ClN3O4S. The predicted octanol–water partition coefficient (Wildman–Crippen LogP) is 2.75. The number of nitrogens with one attached hydrogen (secondary N) is 2. The molecule has 2 rings (SSSR count). The van der Waals surface area contributed by atoms with E-state index in [0.717, 1.165) is 0 Å². The lowest BCUT2D eigenvalue weighted by Crippen LogP contribution is -2.41. The molecule has 2 aromatic rings. The monoisotopic (exact) mass is 423 g/mol. The zero-order valence-corrected chi connectivity index (χ0v) is 17.4. The van der Waals surface area contributed by atoms with E-state index in [0.29, 0.717) is 18.7 Å². The van der Waals surface area contributed by atoms with Crippen molar-refractivity contribution in [2.45, 2.75) is 25.7 Å². The van der Waals surface area contributed by atoms with Crippen LogP contribution in [0.5, 0.6) is 0 Å². The molecule has 0 radical (unpaired) electrons. The lowest BCUT2D eigenvalue weighted by molar-refractivity contribution is 0.0846. The fourth-order valence-electron chi connectivity index (χ4n) is 2.62. The number of hydrazine groups is 1. The Morgan fingerprint density at radius 3 is 2.21 bits per heavy atom. The number of benzene rings is 2. The third-order valence-corrected chi connectivity index (χ3v) is 6.70.